The van der Waals surface area contributed by atoms with Crippen LogP contribution in [0.25, 0.3) is 0 Å². The molecule has 1 aliphatic heterocycles. The molecule has 0 amide bonds. The highest BCUT2D eigenvalue weighted by molar-refractivity contribution is 4.86. The minimum absolute atomic E-state index is 0.107. The minimum Gasteiger partial charge on any atom is -0.314 e. The van der Waals surface area contributed by atoms with Crippen molar-refractivity contribution in [3.63, 3.8) is 0 Å². The van der Waals surface area contributed by atoms with Crippen LogP contribution in [0, 0.1) is 5.92 Å². The third-order valence-corrected chi connectivity index (χ3v) is 3.68. The van der Waals surface area contributed by atoms with Crippen LogP contribution in [0.3, 0.4) is 0 Å². The van der Waals surface area contributed by atoms with Crippen LogP contribution in [0.1, 0.15) is 44.9 Å². The molecule has 3 heteroatoms. The second-order valence-corrected chi connectivity index (χ2v) is 4.75. The summed E-state index contributed by atoms with van der Waals surface area (Å²) in [5.74, 6) is -1.86. The fraction of sp³-hybridized carbons (Fsp3) is 1.00. The maximum atomic E-state index is 12.9. The first-order valence-corrected chi connectivity index (χ1v) is 5.79. The highest BCUT2D eigenvalue weighted by Gasteiger charge is 2.37. The average molecular weight is 203 g/mol. The standard InChI is InChI=1S/C11H19F2N/c12-11(13)6-4-9(5-7-11)10-3-1-2-8-14-10/h9-10,14H,1-8H2. The van der Waals surface area contributed by atoms with Gasteiger partial charge in [-0.3, -0.25) is 0 Å². The Balaban J connectivity index is 1.82. The Bertz CT molecular complexity index is 178. The SMILES string of the molecule is FC1(F)CCC(C2CCCCN2)CC1. The Kier molecular flexibility index (Phi) is 3.05. The number of hydrogen-bond donors (Lipinski definition) is 1. The first-order chi connectivity index (χ1) is 6.67. The molecule has 1 saturated heterocycles. The minimum atomic E-state index is -2.37. The fourth-order valence-electron chi connectivity index (χ4n) is 2.75. The number of nitrogens with one attached hydrogen (secondary N) is 1. The van der Waals surface area contributed by atoms with E-state index in [-0.39, 0.29) is 12.8 Å². The van der Waals surface area contributed by atoms with Gasteiger partial charge in [-0.2, -0.15) is 0 Å². The monoisotopic (exact) mass is 203 g/mol. The van der Waals surface area contributed by atoms with Crippen LogP contribution in [-0.4, -0.2) is 18.5 Å². The Morgan fingerprint density at radius 3 is 2.29 bits per heavy atom. The van der Waals surface area contributed by atoms with E-state index in [1.165, 1.54) is 19.3 Å². The van der Waals surface area contributed by atoms with Crippen LogP contribution in [0.15, 0.2) is 0 Å². The lowest BCUT2D eigenvalue weighted by Crippen LogP contribution is -2.42. The molecule has 0 aromatic heterocycles. The highest BCUT2D eigenvalue weighted by Crippen LogP contribution is 2.38. The molecule has 2 rings (SSSR count). The van der Waals surface area contributed by atoms with Gasteiger partial charge in [0.25, 0.3) is 0 Å². The van der Waals surface area contributed by atoms with E-state index in [9.17, 15) is 8.78 Å². The molecule has 1 nitrogen and oxygen atoms in total. The van der Waals surface area contributed by atoms with Gasteiger partial charge in [0, 0.05) is 18.9 Å². The molecule has 1 saturated carbocycles. The summed E-state index contributed by atoms with van der Waals surface area (Å²) in [4.78, 5) is 0. The lowest BCUT2D eigenvalue weighted by molar-refractivity contribution is -0.0504. The van der Waals surface area contributed by atoms with Gasteiger partial charge in [-0.25, -0.2) is 8.78 Å². The largest absolute Gasteiger partial charge is 0.314 e. The lowest BCUT2D eigenvalue weighted by Gasteiger charge is -2.36. The normalized spacial score (nSPS) is 34.3. The predicted molar refractivity (Wildman–Crippen MR) is 52.5 cm³/mol. The third kappa shape index (κ3) is 2.44. The molecule has 1 aliphatic carbocycles. The second kappa shape index (κ2) is 4.13. The molecule has 0 aromatic rings. The van der Waals surface area contributed by atoms with Gasteiger partial charge in [0.15, 0.2) is 0 Å². The van der Waals surface area contributed by atoms with Gasteiger partial charge in [-0.1, -0.05) is 6.42 Å². The third-order valence-electron chi connectivity index (χ3n) is 3.68. The number of piperidine rings is 1. The lowest BCUT2D eigenvalue weighted by atomic mass is 9.79. The van der Waals surface area contributed by atoms with Gasteiger partial charge >= 0.3 is 0 Å². The molecule has 82 valence electrons. The highest BCUT2D eigenvalue weighted by atomic mass is 19.3. The molecule has 14 heavy (non-hydrogen) atoms. The molecule has 0 radical (unpaired) electrons. The summed E-state index contributed by atoms with van der Waals surface area (Å²) in [6.07, 6.45) is 5.35. The fourth-order valence-corrected chi connectivity index (χ4v) is 2.75. The van der Waals surface area contributed by atoms with Gasteiger partial charge in [-0.05, 0) is 38.1 Å². The van der Waals surface area contributed by atoms with E-state index in [0.29, 0.717) is 24.8 Å². The van der Waals surface area contributed by atoms with Crippen molar-refractivity contribution < 1.29 is 8.78 Å². The van der Waals surface area contributed by atoms with Crippen molar-refractivity contribution in [3.8, 4) is 0 Å². The van der Waals surface area contributed by atoms with E-state index in [1.54, 1.807) is 0 Å². The van der Waals surface area contributed by atoms with Gasteiger partial charge < -0.3 is 5.32 Å². The molecule has 2 fully saturated rings. The maximum absolute atomic E-state index is 12.9. The van der Waals surface area contributed by atoms with Gasteiger partial charge in [0.1, 0.15) is 0 Å². The molecule has 0 bridgehead atoms. The van der Waals surface area contributed by atoms with E-state index in [1.807, 2.05) is 0 Å². The Morgan fingerprint density at radius 1 is 1.00 bits per heavy atom. The first kappa shape index (κ1) is 10.3. The van der Waals surface area contributed by atoms with Gasteiger partial charge in [0.2, 0.25) is 5.92 Å². The van der Waals surface area contributed by atoms with Gasteiger partial charge in [-0.15, -0.1) is 0 Å². The quantitative estimate of drug-likeness (QED) is 0.691. The molecule has 1 N–H and O–H groups in total. The van der Waals surface area contributed by atoms with Crippen LogP contribution in [0.2, 0.25) is 0 Å². The van der Waals surface area contributed by atoms with Crippen LogP contribution in [-0.2, 0) is 0 Å². The van der Waals surface area contributed by atoms with Crippen molar-refractivity contribution in [1.82, 2.24) is 5.32 Å². The summed E-state index contributed by atoms with van der Waals surface area (Å²) in [7, 11) is 0. The Morgan fingerprint density at radius 2 is 1.71 bits per heavy atom. The summed E-state index contributed by atoms with van der Waals surface area (Å²) in [6, 6.07) is 0.528. The molecule has 1 unspecified atom stereocenters. The predicted octanol–water partition coefficient (Wildman–Crippen LogP) is 2.95. The summed E-state index contributed by atoms with van der Waals surface area (Å²) < 4.78 is 25.8. The molecule has 2 aliphatic rings. The molecular formula is C11H19F2N. The number of hydrogen-bond acceptors (Lipinski definition) is 1. The van der Waals surface area contributed by atoms with Gasteiger partial charge in [0.05, 0.1) is 0 Å². The maximum Gasteiger partial charge on any atom is 0.248 e. The van der Waals surface area contributed by atoms with Crippen LogP contribution in [0.5, 0.6) is 0 Å². The van der Waals surface area contributed by atoms with Crippen molar-refractivity contribution in [2.45, 2.75) is 56.9 Å². The number of alkyl halides is 2. The van der Waals surface area contributed by atoms with E-state index in [2.05, 4.69) is 5.32 Å². The first-order valence-electron chi connectivity index (χ1n) is 5.79. The van der Waals surface area contributed by atoms with Crippen molar-refractivity contribution in [2.24, 2.45) is 5.92 Å². The smallest absolute Gasteiger partial charge is 0.248 e. The number of rotatable bonds is 1. The Hall–Kier alpha value is -0.180. The Labute approximate surface area is 84.3 Å². The summed E-state index contributed by atoms with van der Waals surface area (Å²) >= 11 is 0. The molecule has 0 aromatic carbocycles. The van der Waals surface area contributed by atoms with Crippen molar-refractivity contribution in [1.29, 1.82) is 0 Å². The van der Waals surface area contributed by atoms with Crippen LogP contribution in [0.4, 0.5) is 8.78 Å². The van der Waals surface area contributed by atoms with Crippen LogP contribution < -0.4 is 5.32 Å². The van der Waals surface area contributed by atoms with Crippen LogP contribution >= 0.6 is 0 Å². The summed E-state index contributed by atoms with van der Waals surface area (Å²) in [5, 5.41) is 3.47. The molecule has 1 heterocycles. The van der Waals surface area contributed by atoms with E-state index < -0.39 is 5.92 Å². The van der Waals surface area contributed by atoms with E-state index in [4.69, 9.17) is 0 Å². The molecular weight excluding hydrogens is 184 g/mol. The van der Waals surface area contributed by atoms with Crippen molar-refractivity contribution in [3.05, 3.63) is 0 Å². The van der Waals surface area contributed by atoms with E-state index in [0.717, 1.165) is 6.54 Å². The average Bonchev–Trinajstić information content (AvgIpc) is 2.19. The second-order valence-electron chi connectivity index (χ2n) is 4.75. The summed E-state index contributed by atoms with van der Waals surface area (Å²) in [6.45, 7) is 1.08. The van der Waals surface area contributed by atoms with Crippen molar-refractivity contribution >= 4 is 0 Å². The van der Waals surface area contributed by atoms with Crippen molar-refractivity contribution in [2.75, 3.05) is 6.54 Å². The number of halogens is 2. The molecule has 0 spiro atoms. The zero-order chi connectivity index (χ0) is 10.0. The zero-order valence-electron chi connectivity index (χ0n) is 8.57. The molecule has 1 atom stereocenters. The van der Waals surface area contributed by atoms with E-state index >= 15 is 0 Å². The topological polar surface area (TPSA) is 12.0 Å². The summed E-state index contributed by atoms with van der Waals surface area (Å²) in [5.41, 5.74) is 0. The zero-order valence-corrected chi connectivity index (χ0v) is 8.57.